The van der Waals surface area contributed by atoms with Crippen molar-refractivity contribution in [2.45, 2.75) is 6.92 Å². The molecule has 0 saturated carbocycles. The maximum atomic E-state index is 5.45. The van der Waals surface area contributed by atoms with E-state index in [4.69, 9.17) is 14.6 Å². The van der Waals surface area contributed by atoms with Gasteiger partial charge in [-0.15, -0.1) is 0 Å². The lowest BCUT2D eigenvalue weighted by atomic mass is 10.1. The number of hydrogen-bond donors (Lipinski definition) is 0. The minimum Gasteiger partial charge on any atom is -0.493 e. The van der Waals surface area contributed by atoms with Crippen LogP contribution in [0.15, 0.2) is 59.2 Å². The Balaban J connectivity index is 1.92. The first kappa shape index (κ1) is 17.5. The van der Waals surface area contributed by atoms with Crippen molar-refractivity contribution in [1.82, 2.24) is 14.6 Å². The highest BCUT2D eigenvalue weighted by Crippen LogP contribution is 2.34. The molecule has 0 aliphatic heterocycles. The molecular weight excluding hydrogens is 406 g/mol. The molecule has 0 aliphatic rings. The Hall–Kier alpha value is -2.86. The second kappa shape index (κ2) is 7.04. The van der Waals surface area contributed by atoms with E-state index in [2.05, 4.69) is 33.0 Å². The number of rotatable bonds is 4. The Labute approximate surface area is 165 Å². The monoisotopic (exact) mass is 423 g/mol. The summed E-state index contributed by atoms with van der Waals surface area (Å²) in [7, 11) is 3.26. The van der Waals surface area contributed by atoms with Gasteiger partial charge in [-0.2, -0.15) is 5.10 Å². The van der Waals surface area contributed by atoms with E-state index in [-0.39, 0.29) is 0 Å². The summed E-state index contributed by atoms with van der Waals surface area (Å²) < 4.78 is 13.7. The SMILES string of the molecule is COc1ccc(-c2ccnc3c(-c4ccc(Br)cc4)c(C)nn23)cc1OC. The van der Waals surface area contributed by atoms with Crippen LogP contribution in [0, 0.1) is 6.92 Å². The van der Waals surface area contributed by atoms with Gasteiger partial charge in [0.2, 0.25) is 0 Å². The third kappa shape index (κ3) is 3.06. The van der Waals surface area contributed by atoms with Crippen LogP contribution in [0.2, 0.25) is 0 Å². The van der Waals surface area contributed by atoms with Gasteiger partial charge >= 0.3 is 0 Å². The van der Waals surface area contributed by atoms with Gasteiger partial charge in [-0.25, -0.2) is 9.50 Å². The topological polar surface area (TPSA) is 48.7 Å². The van der Waals surface area contributed by atoms with E-state index in [1.54, 1.807) is 14.2 Å². The van der Waals surface area contributed by atoms with Crippen molar-refractivity contribution >= 4 is 21.6 Å². The van der Waals surface area contributed by atoms with Crippen LogP contribution >= 0.6 is 15.9 Å². The number of halogens is 1. The molecule has 0 amide bonds. The van der Waals surface area contributed by atoms with Crippen molar-refractivity contribution in [2.24, 2.45) is 0 Å². The minimum absolute atomic E-state index is 0.678. The van der Waals surface area contributed by atoms with Gasteiger partial charge in [-0.3, -0.25) is 0 Å². The van der Waals surface area contributed by atoms with Crippen molar-refractivity contribution in [3.05, 3.63) is 64.9 Å². The van der Waals surface area contributed by atoms with E-state index in [0.29, 0.717) is 11.5 Å². The van der Waals surface area contributed by atoms with Crippen LogP contribution < -0.4 is 9.47 Å². The molecule has 2 aromatic carbocycles. The third-order valence-electron chi connectivity index (χ3n) is 4.51. The predicted octanol–water partition coefficient (Wildman–Crippen LogP) is 5.15. The summed E-state index contributed by atoms with van der Waals surface area (Å²) in [5.74, 6) is 1.37. The van der Waals surface area contributed by atoms with Crippen molar-refractivity contribution in [1.29, 1.82) is 0 Å². The molecule has 0 fully saturated rings. The molecule has 4 aromatic rings. The number of aryl methyl sites for hydroxylation is 1. The van der Waals surface area contributed by atoms with Crippen LogP contribution in [-0.2, 0) is 0 Å². The normalized spacial score (nSPS) is 11.0. The molecule has 27 heavy (non-hydrogen) atoms. The van der Waals surface area contributed by atoms with Gasteiger partial charge in [0.25, 0.3) is 0 Å². The summed E-state index contributed by atoms with van der Waals surface area (Å²) in [4.78, 5) is 4.60. The highest BCUT2D eigenvalue weighted by atomic mass is 79.9. The Bertz CT molecular complexity index is 1120. The van der Waals surface area contributed by atoms with E-state index >= 15 is 0 Å². The first-order valence-electron chi connectivity index (χ1n) is 8.45. The zero-order chi connectivity index (χ0) is 19.0. The van der Waals surface area contributed by atoms with Gasteiger partial charge in [-0.1, -0.05) is 28.1 Å². The molecule has 0 spiro atoms. The molecule has 136 valence electrons. The highest BCUT2D eigenvalue weighted by Gasteiger charge is 2.16. The molecular formula is C21H18BrN3O2. The average Bonchev–Trinajstić information content (AvgIpc) is 3.04. The molecule has 0 aliphatic carbocycles. The summed E-state index contributed by atoms with van der Waals surface area (Å²) >= 11 is 3.49. The minimum atomic E-state index is 0.678. The number of ether oxygens (including phenoxy) is 2. The fraction of sp³-hybridized carbons (Fsp3) is 0.143. The molecule has 2 heterocycles. The molecule has 0 saturated heterocycles. The number of fused-ring (bicyclic) bond motifs is 1. The quantitative estimate of drug-likeness (QED) is 0.455. The number of methoxy groups -OCH3 is 2. The Morgan fingerprint density at radius 2 is 1.59 bits per heavy atom. The van der Waals surface area contributed by atoms with Gasteiger partial charge in [0.15, 0.2) is 17.1 Å². The summed E-state index contributed by atoms with van der Waals surface area (Å²) in [6.07, 6.45) is 1.81. The van der Waals surface area contributed by atoms with Crippen LogP contribution in [0.4, 0.5) is 0 Å². The van der Waals surface area contributed by atoms with Crippen molar-refractivity contribution < 1.29 is 9.47 Å². The largest absolute Gasteiger partial charge is 0.493 e. The molecule has 4 rings (SSSR count). The lowest BCUT2D eigenvalue weighted by Gasteiger charge is -2.10. The first-order chi connectivity index (χ1) is 13.1. The van der Waals surface area contributed by atoms with Crippen molar-refractivity contribution in [3.8, 4) is 33.9 Å². The van der Waals surface area contributed by atoms with Gasteiger partial charge < -0.3 is 9.47 Å². The molecule has 0 bridgehead atoms. The van der Waals surface area contributed by atoms with Crippen LogP contribution in [0.1, 0.15) is 5.69 Å². The Morgan fingerprint density at radius 3 is 2.30 bits per heavy atom. The van der Waals surface area contributed by atoms with E-state index in [9.17, 15) is 0 Å². The fourth-order valence-corrected chi connectivity index (χ4v) is 3.48. The second-order valence-corrected chi connectivity index (χ2v) is 7.02. The summed E-state index contributed by atoms with van der Waals surface area (Å²) in [6, 6.07) is 16.0. The number of benzene rings is 2. The molecule has 0 N–H and O–H groups in total. The molecule has 2 aromatic heterocycles. The Morgan fingerprint density at radius 1 is 0.889 bits per heavy atom. The van der Waals surface area contributed by atoms with E-state index in [1.165, 1.54) is 0 Å². The number of aromatic nitrogens is 3. The number of hydrogen-bond acceptors (Lipinski definition) is 4. The molecule has 0 radical (unpaired) electrons. The fourth-order valence-electron chi connectivity index (χ4n) is 3.22. The van der Waals surface area contributed by atoms with Gasteiger partial charge in [-0.05, 0) is 48.9 Å². The van der Waals surface area contributed by atoms with Gasteiger partial charge in [0.05, 0.1) is 25.6 Å². The molecule has 0 unspecified atom stereocenters. The van der Waals surface area contributed by atoms with E-state index in [0.717, 1.165) is 38.2 Å². The third-order valence-corrected chi connectivity index (χ3v) is 5.03. The molecule has 6 heteroatoms. The summed E-state index contributed by atoms with van der Waals surface area (Å²) in [5, 5.41) is 4.76. The van der Waals surface area contributed by atoms with Crippen LogP contribution in [0.5, 0.6) is 11.5 Å². The van der Waals surface area contributed by atoms with E-state index in [1.807, 2.05) is 54.0 Å². The van der Waals surface area contributed by atoms with Crippen molar-refractivity contribution in [2.75, 3.05) is 14.2 Å². The van der Waals surface area contributed by atoms with Crippen LogP contribution in [0.3, 0.4) is 0 Å². The summed E-state index contributed by atoms with van der Waals surface area (Å²) in [5.41, 5.74) is 5.78. The zero-order valence-electron chi connectivity index (χ0n) is 15.2. The maximum Gasteiger partial charge on any atom is 0.163 e. The first-order valence-corrected chi connectivity index (χ1v) is 9.24. The second-order valence-electron chi connectivity index (χ2n) is 6.10. The zero-order valence-corrected chi connectivity index (χ0v) is 16.8. The van der Waals surface area contributed by atoms with Gasteiger partial charge in [0.1, 0.15) is 0 Å². The lowest BCUT2D eigenvalue weighted by Crippen LogP contribution is -1.97. The highest BCUT2D eigenvalue weighted by molar-refractivity contribution is 9.10. The summed E-state index contributed by atoms with van der Waals surface area (Å²) in [6.45, 7) is 2.00. The van der Waals surface area contributed by atoms with Crippen LogP contribution in [-0.4, -0.2) is 28.8 Å². The van der Waals surface area contributed by atoms with Crippen molar-refractivity contribution in [3.63, 3.8) is 0 Å². The smallest absolute Gasteiger partial charge is 0.163 e. The Kier molecular flexibility index (Phi) is 4.58. The van der Waals surface area contributed by atoms with Gasteiger partial charge in [0, 0.05) is 21.8 Å². The molecule has 5 nitrogen and oxygen atoms in total. The van der Waals surface area contributed by atoms with E-state index < -0.39 is 0 Å². The predicted molar refractivity (Wildman–Crippen MR) is 109 cm³/mol. The standard InChI is InChI=1S/C21H18BrN3O2/c1-13-20(14-4-7-16(22)8-5-14)21-23-11-10-17(25(21)24-13)15-6-9-18(26-2)19(12-15)27-3/h4-12H,1-3H3. The maximum absolute atomic E-state index is 5.45. The molecule has 0 atom stereocenters. The average molecular weight is 424 g/mol. The van der Waals surface area contributed by atoms with Crippen LogP contribution in [0.25, 0.3) is 28.0 Å². The number of nitrogens with zero attached hydrogens (tertiary/aromatic N) is 3. The lowest BCUT2D eigenvalue weighted by molar-refractivity contribution is 0.355.